The number of aryl methyl sites for hydroxylation is 1. The van der Waals surface area contributed by atoms with E-state index >= 15 is 0 Å². The van der Waals surface area contributed by atoms with Crippen molar-refractivity contribution in [1.82, 2.24) is 14.8 Å². The summed E-state index contributed by atoms with van der Waals surface area (Å²) in [6, 6.07) is 4.56. The molecule has 1 unspecified atom stereocenters. The SMILES string of the molecule is Cc1ccc(CC(C)n2cnnc2CO)s1. The minimum absolute atomic E-state index is 0.0617. The van der Waals surface area contributed by atoms with Gasteiger partial charge in [0.2, 0.25) is 0 Å². The van der Waals surface area contributed by atoms with Crippen molar-refractivity contribution in [2.75, 3.05) is 0 Å². The highest BCUT2D eigenvalue weighted by molar-refractivity contribution is 7.11. The van der Waals surface area contributed by atoms with Gasteiger partial charge in [-0.1, -0.05) is 0 Å². The zero-order chi connectivity index (χ0) is 11.5. The van der Waals surface area contributed by atoms with Crippen molar-refractivity contribution in [1.29, 1.82) is 0 Å². The first-order chi connectivity index (χ1) is 7.70. The first kappa shape index (κ1) is 11.3. The Balaban J connectivity index is 2.11. The van der Waals surface area contributed by atoms with E-state index in [4.69, 9.17) is 5.11 Å². The molecule has 0 saturated heterocycles. The van der Waals surface area contributed by atoms with Crippen molar-refractivity contribution in [2.24, 2.45) is 0 Å². The van der Waals surface area contributed by atoms with E-state index in [0.29, 0.717) is 5.82 Å². The standard InChI is InChI=1S/C11H15N3OS/c1-8(5-10-4-3-9(2)16-10)14-7-12-13-11(14)6-15/h3-4,7-8,15H,5-6H2,1-2H3. The summed E-state index contributed by atoms with van der Waals surface area (Å²) in [5, 5.41) is 16.8. The summed E-state index contributed by atoms with van der Waals surface area (Å²) in [5.74, 6) is 0.626. The second-order valence-corrected chi connectivity index (χ2v) is 5.25. The Bertz CT molecular complexity index is 463. The lowest BCUT2D eigenvalue weighted by Gasteiger charge is -2.13. The average molecular weight is 237 g/mol. The Morgan fingerprint density at radius 3 is 2.94 bits per heavy atom. The molecule has 0 aliphatic carbocycles. The first-order valence-corrected chi connectivity index (χ1v) is 6.07. The molecule has 2 aromatic heterocycles. The van der Waals surface area contributed by atoms with Crippen LogP contribution in [0.3, 0.4) is 0 Å². The maximum Gasteiger partial charge on any atom is 0.158 e. The molecule has 1 N–H and O–H groups in total. The first-order valence-electron chi connectivity index (χ1n) is 5.25. The highest BCUT2D eigenvalue weighted by Gasteiger charge is 2.11. The summed E-state index contributed by atoms with van der Waals surface area (Å²) >= 11 is 1.81. The predicted octanol–water partition coefficient (Wildman–Crippen LogP) is 1.94. The van der Waals surface area contributed by atoms with Crippen LogP contribution >= 0.6 is 11.3 Å². The molecule has 86 valence electrons. The van der Waals surface area contributed by atoms with Gasteiger partial charge >= 0.3 is 0 Å². The van der Waals surface area contributed by atoms with Crippen LogP contribution in [0, 0.1) is 6.92 Å². The number of hydrogen-bond acceptors (Lipinski definition) is 4. The number of thiophene rings is 1. The Kier molecular flexibility index (Phi) is 3.36. The molecule has 0 bridgehead atoms. The van der Waals surface area contributed by atoms with Crippen molar-refractivity contribution in [2.45, 2.75) is 32.9 Å². The lowest BCUT2D eigenvalue weighted by molar-refractivity contribution is 0.261. The predicted molar refractivity (Wildman–Crippen MR) is 63.4 cm³/mol. The monoisotopic (exact) mass is 237 g/mol. The Morgan fingerprint density at radius 1 is 1.50 bits per heavy atom. The smallest absolute Gasteiger partial charge is 0.158 e. The third-order valence-electron chi connectivity index (χ3n) is 2.56. The largest absolute Gasteiger partial charge is 0.388 e. The fourth-order valence-electron chi connectivity index (χ4n) is 1.73. The molecule has 0 amide bonds. The van der Waals surface area contributed by atoms with Crippen LogP contribution in [0.4, 0.5) is 0 Å². The van der Waals surface area contributed by atoms with Crippen LogP contribution in [-0.4, -0.2) is 19.9 Å². The summed E-state index contributed by atoms with van der Waals surface area (Å²) in [7, 11) is 0. The number of nitrogens with zero attached hydrogens (tertiary/aromatic N) is 3. The third kappa shape index (κ3) is 2.31. The molecule has 0 saturated carbocycles. The van der Waals surface area contributed by atoms with Crippen LogP contribution in [0.15, 0.2) is 18.5 Å². The Hall–Kier alpha value is -1.20. The highest BCUT2D eigenvalue weighted by Crippen LogP contribution is 2.21. The molecule has 2 aromatic rings. The van der Waals surface area contributed by atoms with Crippen molar-refractivity contribution in [3.8, 4) is 0 Å². The van der Waals surface area contributed by atoms with E-state index in [-0.39, 0.29) is 12.6 Å². The lowest BCUT2D eigenvalue weighted by atomic mass is 10.2. The fraction of sp³-hybridized carbons (Fsp3) is 0.455. The van der Waals surface area contributed by atoms with E-state index in [2.05, 4.69) is 36.2 Å². The number of rotatable bonds is 4. The van der Waals surface area contributed by atoms with E-state index in [9.17, 15) is 0 Å². The molecule has 2 heterocycles. The van der Waals surface area contributed by atoms with Crippen LogP contribution in [0.1, 0.15) is 28.5 Å². The van der Waals surface area contributed by atoms with E-state index in [1.807, 2.05) is 15.9 Å². The zero-order valence-corrected chi connectivity index (χ0v) is 10.2. The molecule has 0 spiro atoms. The molecule has 5 heteroatoms. The number of aliphatic hydroxyl groups is 1. The van der Waals surface area contributed by atoms with Crippen molar-refractivity contribution < 1.29 is 5.11 Å². The van der Waals surface area contributed by atoms with Crippen LogP contribution in [0.5, 0.6) is 0 Å². The van der Waals surface area contributed by atoms with Crippen LogP contribution < -0.4 is 0 Å². The van der Waals surface area contributed by atoms with Gasteiger partial charge in [0.1, 0.15) is 12.9 Å². The molecule has 0 aliphatic heterocycles. The van der Waals surface area contributed by atoms with Gasteiger partial charge in [-0.05, 0) is 26.0 Å². The second-order valence-electron chi connectivity index (χ2n) is 3.88. The molecule has 4 nitrogen and oxygen atoms in total. The van der Waals surface area contributed by atoms with Crippen molar-refractivity contribution >= 4 is 11.3 Å². The molecule has 1 atom stereocenters. The molecule has 0 aliphatic rings. The minimum atomic E-state index is -0.0617. The van der Waals surface area contributed by atoms with Gasteiger partial charge in [0, 0.05) is 22.2 Å². The van der Waals surface area contributed by atoms with E-state index in [0.717, 1.165) is 6.42 Å². The van der Waals surface area contributed by atoms with Gasteiger partial charge in [-0.3, -0.25) is 0 Å². The number of hydrogen-bond donors (Lipinski definition) is 1. The molecule has 16 heavy (non-hydrogen) atoms. The molecular weight excluding hydrogens is 222 g/mol. The van der Waals surface area contributed by atoms with Gasteiger partial charge in [0.15, 0.2) is 5.82 Å². The molecular formula is C11H15N3OS. The summed E-state index contributed by atoms with van der Waals surface area (Å²) in [6.45, 7) is 4.15. The van der Waals surface area contributed by atoms with Gasteiger partial charge < -0.3 is 9.67 Å². The summed E-state index contributed by atoms with van der Waals surface area (Å²) < 4.78 is 1.93. The molecule has 0 radical (unpaired) electrons. The summed E-state index contributed by atoms with van der Waals surface area (Å²) in [5.41, 5.74) is 0. The second kappa shape index (κ2) is 4.76. The Morgan fingerprint density at radius 2 is 2.31 bits per heavy atom. The maximum absolute atomic E-state index is 9.11. The van der Waals surface area contributed by atoms with Gasteiger partial charge in [-0.25, -0.2) is 0 Å². The topological polar surface area (TPSA) is 50.9 Å². The van der Waals surface area contributed by atoms with E-state index < -0.39 is 0 Å². The lowest BCUT2D eigenvalue weighted by Crippen LogP contribution is -2.10. The number of aliphatic hydroxyl groups excluding tert-OH is 1. The van der Waals surface area contributed by atoms with E-state index in [1.165, 1.54) is 9.75 Å². The Labute approximate surface area is 98.6 Å². The summed E-state index contributed by atoms with van der Waals surface area (Å²) in [6.07, 6.45) is 2.63. The van der Waals surface area contributed by atoms with Crippen molar-refractivity contribution in [3.63, 3.8) is 0 Å². The minimum Gasteiger partial charge on any atom is -0.388 e. The van der Waals surface area contributed by atoms with Gasteiger partial charge in [0.05, 0.1) is 0 Å². The fourth-order valence-corrected chi connectivity index (χ4v) is 2.74. The maximum atomic E-state index is 9.11. The van der Waals surface area contributed by atoms with Crippen molar-refractivity contribution in [3.05, 3.63) is 34.0 Å². The average Bonchev–Trinajstić information content (AvgIpc) is 2.86. The highest BCUT2D eigenvalue weighted by atomic mass is 32.1. The quantitative estimate of drug-likeness (QED) is 0.884. The normalized spacial score (nSPS) is 12.9. The van der Waals surface area contributed by atoms with E-state index in [1.54, 1.807) is 6.33 Å². The van der Waals surface area contributed by atoms with Gasteiger partial charge in [-0.15, -0.1) is 21.5 Å². The van der Waals surface area contributed by atoms with Crippen LogP contribution in [0.25, 0.3) is 0 Å². The van der Waals surface area contributed by atoms with Crippen LogP contribution in [-0.2, 0) is 13.0 Å². The summed E-state index contributed by atoms with van der Waals surface area (Å²) in [4.78, 5) is 2.68. The number of aromatic nitrogens is 3. The molecule has 2 rings (SSSR count). The molecule has 0 fully saturated rings. The van der Waals surface area contributed by atoms with Crippen LogP contribution in [0.2, 0.25) is 0 Å². The third-order valence-corrected chi connectivity index (χ3v) is 3.58. The van der Waals surface area contributed by atoms with Gasteiger partial charge in [-0.2, -0.15) is 0 Å². The zero-order valence-electron chi connectivity index (χ0n) is 9.42. The van der Waals surface area contributed by atoms with Gasteiger partial charge in [0.25, 0.3) is 0 Å². The molecule has 0 aromatic carbocycles.